The molecule has 0 spiro atoms. The van der Waals surface area contributed by atoms with E-state index in [1.54, 1.807) is 13.8 Å². The van der Waals surface area contributed by atoms with Crippen molar-refractivity contribution < 1.29 is 39.9 Å². The average Bonchev–Trinajstić information content (AvgIpc) is 2.83. The van der Waals surface area contributed by atoms with Crippen molar-refractivity contribution >= 4 is 24.3 Å². The quantitative estimate of drug-likeness (QED) is 0.360. The van der Waals surface area contributed by atoms with Crippen LogP contribution >= 0.6 is 12.4 Å². The van der Waals surface area contributed by atoms with Crippen molar-refractivity contribution in [2.45, 2.75) is 108 Å². The van der Waals surface area contributed by atoms with Crippen molar-refractivity contribution in [3.63, 3.8) is 0 Å². The van der Waals surface area contributed by atoms with Crippen LogP contribution in [0.5, 0.6) is 0 Å². The van der Waals surface area contributed by atoms with Crippen molar-refractivity contribution in [3.8, 4) is 0 Å². The number of rotatable bonds is 5. The number of hydrogen-bond acceptors (Lipinski definition) is 8. The van der Waals surface area contributed by atoms with Crippen molar-refractivity contribution in [1.29, 1.82) is 0 Å². The van der Waals surface area contributed by atoms with Crippen LogP contribution < -0.4 is 5.32 Å². The Bertz CT molecular complexity index is 929. The highest BCUT2D eigenvalue weighted by atomic mass is 35.5. The predicted molar refractivity (Wildman–Crippen MR) is 149 cm³/mol. The highest BCUT2D eigenvalue weighted by molar-refractivity contribution is 5.92. The van der Waals surface area contributed by atoms with Crippen LogP contribution in [0.1, 0.15) is 73.1 Å². The predicted octanol–water partition coefficient (Wildman–Crippen LogP) is 1.77. The van der Waals surface area contributed by atoms with E-state index in [9.17, 15) is 24.9 Å². The third-order valence-corrected chi connectivity index (χ3v) is 10.1. The Morgan fingerprint density at radius 2 is 1.79 bits per heavy atom. The molecule has 4 aliphatic rings. The van der Waals surface area contributed by atoms with E-state index in [0.29, 0.717) is 25.9 Å². The van der Waals surface area contributed by atoms with E-state index >= 15 is 0 Å². The molecule has 2 aliphatic heterocycles. The molecule has 11 heteroatoms. The monoisotopic (exact) mass is 576 g/mol. The Morgan fingerprint density at radius 1 is 1.18 bits per heavy atom. The van der Waals surface area contributed by atoms with E-state index in [1.165, 1.54) is 19.4 Å². The molecule has 1 amide bonds. The molecule has 10 nitrogen and oxygen atoms in total. The summed E-state index contributed by atoms with van der Waals surface area (Å²) in [4.78, 5) is 29.2. The zero-order valence-electron chi connectivity index (χ0n) is 24.0. The van der Waals surface area contributed by atoms with Gasteiger partial charge in [0.15, 0.2) is 17.5 Å². The van der Waals surface area contributed by atoms with E-state index in [4.69, 9.17) is 9.47 Å². The van der Waals surface area contributed by atoms with Crippen molar-refractivity contribution in [2.75, 3.05) is 26.2 Å². The van der Waals surface area contributed by atoms with Gasteiger partial charge in [-0.15, -0.1) is 19.0 Å². The molecule has 0 radical (unpaired) electrons. The van der Waals surface area contributed by atoms with Crippen LogP contribution in [-0.2, 0) is 14.3 Å². The summed E-state index contributed by atoms with van der Waals surface area (Å²) in [5, 5.41) is 38.4. The Morgan fingerprint density at radius 3 is 2.38 bits per heavy atom. The Balaban J connectivity index is 0.00000267. The lowest BCUT2D eigenvalue weighted by molar-refractivity contribution is -0.369. The fourth-order valence-corrected chi connectivity index (χ4v) is 8.14. The van der Waals surface area contributed by atoms with E-state index < -0.39 is 63.7 Å². The molecule has 0 bridgehead atoms. The molecule has 2 saturated carbocycles. The largest absolute Gasteiger partial charge is 0.440 e. The normalized spacial score (nSPS) is 43.5. The molecule has 0 aromatic heterocycles. The zero-order chi connectivity index (χ0) is 27.4. The SMILES string of the molecule is C=C[C@@]1(C)CC(=O)[C@]2(O)[C@@]3(C)[C@@H](O)CCC(C)(C)[C@@H]3[C@H](O)[C@H](OC(=O)NCCN3CCCCC3)[C@@]2(C)O1.Cl.O. The molecule has 0 unspecified atom stereocenters. The van der Waals surface area contributed by atoms with Crippen LogP contribution in [0.3, 0.4) is 0 Å². The minimum Gasteiger partial charge on any atom is -0.440 e. The van der Waals surface area contributed by atoms with Crippen LogP contribution in [0.4, 0.5) is 4.79 Å². The number of fused-ring (bicyclic) bond motifs is 3. The molecule has 0 aromatic carbocycles. The molecule has 4 rings (SSSR count). The second-order valence-electron chi connectivity index (χ2n) is 13.0. The average molecular weight is 577 g/mol. The molecule has 2 aliphatic carbocycles. The lowest BCUT2D eigenvalue weighted by Gasteiger charge is -2.71. The van der Waals surface area contributed by atoms with Gasteiger partial charge in [-0.25, -0.2) is 4.79 Å². The lowest BCUT2D eigenvalue weighted by Crippen LogP contribution is -2.86. The summed E-state index contributed by atoms with van der Waals surface area (Å²) in [7, 11) is 0. The van der Waals surface area contributed by atoms with E-state index in [-0.39, 0.29) is 24.3 Å². The maximum atomic E-state index is 13.9. The highest BCUT2D eigenvalue weighted by Crippen LogP contribution is 2.67. The summed E-state index contributed by atoms with van der Waals surface area (Å²) in [6, 6.07) is 0. The van der Waals surface area contributed by atoms with Crippen molar-refractivity contribution in [3.05, 3.63) is 12.7 Å². The first kappa shape index (κ1) is 33.9. The number of halogens is 1. The number of carbonyl (C=O) groups is 2. The van der Waals surface area contributed by atoms with E-state index in [0.717, 1.165) is 25.9 Å². The van der Waals surface area contributed by atoms with Gasteiger partial charge in [0.05, 0.1) is 17.8 Å². The van der Waals surface area contributed by atoms with Gasteiger partial charge in [-0.1, -0.05) is 33.3 Å². The van der Waals surface area contributed by atoms with Crippen LogP contribution in [0.25, 0.3) is 0 Å². The number of hydrogen-bond donors (Lipinski definition) is 4. The van der Waals surface area contributed by atoms with Crippen molar-refractivity contribution in [1.82, 2.24) is 10.2 Å². The van der Waals surface area contributed by atoms with Crippen molar-refractivity contribution in [2.24, 2.45) is 16.7 Å². The number of ether oxygens (including phenoxy) is 2. The number of alkyl carbamates (subject to hydrolysis) is 1. The molecule has 226 valence electrons. The van der Waals surface area contributed by atoms with Gasteiger partial charge in [0.2, 0.25) is 0 Å². The Kier molecular flexibility index (Phi) is 10.0. The van der Waals surface area contributed by atoms with Gasteiger partial charge in [-0.05, 0) is 58.0 Å². The Labute approximate surface area is 238 Å². The zero-order valence-corrected chi connectivity index (χ0v) is 24.8. The number of piperidine rings is 1. The van der Waals surface area contributed by atoms with Crippen LogP contribution in [0.2, 0.25) is 0 Å². The molecular weight excluding hydrogens is 528 g/mol. The van der Waals surface area contributed by atoms with Gasteiger partial charge in [0.1, 0.15) is 5.60 Å². The number of aliphatic hydroxyl groups excluding tert-OH is 2. The number of aliphatic hydroxyl groups is 3. The van der Waals surface area contributed by atoms with Gasteiger partial charge in [-0.2, -0.15) is 0 Å². The van der Waals surface area contributed by atoms with Crippen LogP contribution in [0.15, 0.2) is 12.7 Å². The molecular formula is C28H49ClN2O8. The topological polar surface area (TPSA) is 160 Å². The van der Waals surface area contributed by atoms with Gasteiger partial charge in [0, 0.05) is 30.8 Å². The Hall–Kier alpha value is -1.27. The van der Waals surface area contributed by atoms with Gasteiger partial charge in [-0.3, -0.25) is 4.79 Å². The molecule has 39 heavy (non-hydrogen) atoms. The molecule has 2 saturated heterocycles. The highest BCUT2D eigenvalue weighted by Gasteiger charge is 2.81. The van der Waals surface area contributed by atoms with Crippen LogP contribution in [-0.4, -0.2) is 98.9 Å². The number of likely N-dealkylation sites (tertiary alicyclic amines) is 1. The summed E-state index contributed by atoms with van der Waals surface area (Å²) in [6.07, 6.45) is 1.32. The first-order chi connectivity index (χ1) is 17.2. The third kappa shape index (κ3) is 5.15. The number of ketones is 1. The van der Waals surface area contributed by atoms with Gasteiger partial charge >= 0.3 is 6.09 Å². The van der Waals surface area contributed by atoms with E-state index in [1.807, 2.05) is 13.8 Å². The minimum atomic E-state index is -2.22. The first-order valence-corrected chi connectivity index (χ1v) is 13.8. The second kappa shape index (κ2) is 11.5. The molecule has 0 aromatic rings. The summed E-state index contributed by atoms with van der Waals surface area (Å²) >= 11 is 0. The van der Waals surface area contributed by atoms with Gasteiger partial charge in [0.25, 0.3) is 0 Å². The fraction of sp³-hybridized carbons (Fsp3) is 0.857. The third-order valence-electron chi connectivity index (χ3n) is 10.1. The fourth-order valence-electron chi connectivity index (χ4n) is 8.14. The standard InChI is InChI=1S/C28H46N2O7.ClH.H2O/c1-7-25(4)17-19(32)28(35)26(5)18(31)11-12-24(2,3)21(26)20(33)22(27(28,6)37-25)36-23(34)29-13-16-30-14-9-8-10-15-30;;/h7,18,20-22,31,33,35H,1,8-17H2,2-6H3,(H,29,34);1H;1H2/t18-,20-,21-,22-,25-,26-,27+,28-;;/m0../s1. The lowest BCUT2D eigenvalue weighted by atomic mass is 9.40. The summed E-state index contributed by atoms with van der Waals surface area (Å²) < 4.78 is 12.3. The summed E-state index contributed by atoms with van der Waals surface area (Å²) in [6.45, 7) is 15.6. The smallest absolute Gasteiger partial charge is 0.407 e. The number of carbonyl (C=O) groups excluding carboxylic acids is 2. The van der Waals surface area contributed by atoms with Gasteiger partial charge < -0.3 is 40.5 Å². The maximum absolute atomic E-state index is 13.9. The summed E-state index contributed by atoms with van der Waals surface area (Å²) in [5.74, 6) is -1.26. The number of nitrogens with zero attached hydrogens (tertiary/aromatic N) is 1. The minimum absolute atomic E-state index is 0. The van der Waals surface area contributed by atoms with Crippen LogP contribution in [0, 0.1) is 16.7 Å². The molecule has 2 heterocycles. The number of amides is 1. The number of Topliss-reactive ketones (excluding diaryl/α,β-unsaturated/α-hetero) is 1. The molecule has 4 fully saturated rings. The second-order valence-corrected chi connectivity index (χ2v) is 13.0. The summed E-state index contributed by atoms with van der Waals surface area (Å²) in [5.41, 5.74) is -7.21. The maximum Gasteiger partial charge on any atom is 0.407 e. The molecule has 8 atom stereocenters. The molecule has 6 N–H and O–H groups in total. The number of nitrogens with one attached hydrogen (secondary N) is 1. The first-order valence-electron chi connectivity index (χ1n) is 13.8. The van der Waals surface area contributed by atoms with E-state index in [2.05, 4.69) is 16.8 Å².